The molecular formula is C15H34N2Si. The average Bonchev–Trinajstić information content (AvgIpc) is 2.40. The summed E-state index contributed by atoms with van der Waals surface area (Å²) in [6.07, 6.45) is 5.50. The first-order valence-corrected chi connectivity index (χ1v) is 9.83. The Morgan fingerprint density at radius 3 is 1.89 bits per heavy atom. The molecule has 0 aliphatic carbocycles. The van der Waals surface area contributed by atoms with E-state index >= 15 is 0 Å². The first kappa shape index (κ1) is 17.9. The van der Waals surface area contributed by atoms with Crippen LogP contribution in [0.1, 0.15) is 40.5 Å². The summed E-state index contributed by atoms with van der Waals surface area (Å²) in [6.45, 7) is 17.6. The van der Waals surface area contributed by atoms with Crippen molar-refractivity contribution in [3.8, 4) is 0 Å². The van der Waals surface area contributed by atoms with E-state index in [1.54, 1.807) is 0 Å². The van der Waals surface area contributed by atoms with E-state index in [1.165, 1.54) is 51.1 Å². The maximum atomic E-state index is 3.82. The van der Waals surface area contributed by atoms with Crippen molar-refractivity contribution in [3.63, 3.8) is 0 Å². The lowest BCUT2D eigenvalue weighted by Gasteiger charge is -2.38. The minimum Gasteiger partial charge on any atom is -0.288 e. The topological polar surface area (TPSA) is 6.48 Å². The van der Waals surface area contributed by atoms with Gasteiger partial charge in [-0.2, -0.15) is 0 Å². The molecule has 0 aliphatic rings. The molecule has 108 valence electrons. The van der Waals surface area contributed by atoms with Gasteiger partial charge in [0.25, 0.3) is 0 Å². The molecule has 0 atom stereocenters. The van der Waals surface area contributed by atoms with Gasteiger partial charge in [-0.05, 0) is 38.6 Å². The predicted octanol–water partition coefficient (Wildman–Crippen LogP) is 2.97. The van der Waals surface area contributed by atoms with Gasteiger partial charge in [0, 0.05) is 9.52 Å². The lowest BCUT2D eigenvalue weighted by Crippen LogP contribution is -2.48. The fourth-order valence-corrected chi connectivity index (χ4v) is 3.90. The molecular weight excluding hydrogens is 236 g/mol. The minimum atomic E-state index is 0.139. The zero-order chi connectivity index (χ0) is 13.8. The smallest absolute Gasteiger partial charge is 0.0621 e. The first-order valence-electron chi connectivity index (χ1n) is 7.83. The molecule has 0 aromatic carbocycles. The van der Waals surface area contributed by atoms with E-state index < -0.39 is 0 Å². The molecule has 0 heterocycles. The zero-order valence-corrected chi connectivity index (χ0v) is 14.5. The van der Waals surface area contributed by atoms with Crippen molar-refractivity contribution in [3.05, 3.63) is 12.7 Å². The van der Waals surface area contributed by atoms with Crippen molar-refractivity contribution in [2.75, 3.05) is 26.2 Å². The Morgan fingerprint density at radius 2 is 1.50 bits per heavy atom. The highest BCUT2D eigenvalue weighted by atomic mass is 28.2. The molecule has 0 saturated heterocycles. The van der Waals surface area contributed by atoms with Crippen molar-refractivity contribution in [2.24, 2.45) is 0 Å². The van der Waals surface area contributed by atoms with Crippen LogP contribution in [0, 0.1) is 0 Å². The molecule has 0 fully saturated rings. The van der Waals surface area contributed by atoms with Gasteiger partial charge < -0.3 is 0 Å². The maximum absolute atomic E-state index is 3.82. The van der Waals surface area contributed by atoms with Crippen LogP contribution in [-0.4, -0.2) is 51.7 Å². The molecule has 0 spiro atoms. The molecule has 0 aromatic rings. The molecule has 0 N–H and O–H groups in total. The monoisotopic (exact) mass is 270 g/mol. The van der Waals surface area contributed by atoms with Gasteiger partial charge in [-0.25, -0.2) is 0 Å². The van der Waals surface area contributed by atoms with Crippen molar-refractivity contribution in [1.29, 1.82) is 0 Å². The first-order chi connectivity index (χ1) is 8.74. The normalized spacial score (nSPS) is 12.4. The van der Waals surface area contributed by atoms with Crippen LogP contribution in [0.15, 0.2) is 12.7 Å². The van der Waals surface area contributed by atoms with Gasteiger partial charge >= 0.3 is 0 Å². The molecule has 0 amide bonds. The summed E-state index contributed by atoms with van der Waals surface area (Å²) in [4.78, 5) is 5.23. The van der Waals surface area contributed by atoms with E-state index in [0.717, 1.165) is 0 Å². The Balaban J connectivity index is 4.23. The number of rotatable bonds is 12. The van der Waals surface area contributed by atoms with E-state index in [-0.39, 0.29) is 9.52 Å². The van der Waals surface area contributed by atoms with Gasteiger partial charge in [-0.1, -0.05) is 46.2 Å². The Hall–Kier alpha value is -0.123. The third-order valence-electron chi connectivity index (χ3n) is 3.84. The van der Waals surface area contributed by atoms with Gasteiger partial charge in [0.05, 0.1) is 6.17 Å². The van der Waals surface area contributed by atoms with Crippen LogP contribution < -0.4 is 0 Å². The van der Waals surface area contributed by atoms with Gasteiger partial charge in [0.1, 0.15) is 0 Å². The number of allylic oxidation sites excluding steroid dienone is 1. The highest BCUT2D eigenvalue weighted by Crippen LogP contribution is 2.14. The van der Waals surface area contributed by atoms with Gasteiger partial charge in [-0.3, -0.25) is 9.80 Å². The van der Waals surface area contributed by atoms with Crippen LogP contribution in [0.2, 0.25) is 12.1 Å². The van der Waals surface area contributed by atoms with Crippen LogP contribution in [0.25, 0.3) is 0 Å². The Bertz CT molecular complexity index is 177. The van der Waals surface area contributed by atoms with Crippen LogP contribution in [0.5, 0.6) is 0 Å². The summed E-state index contributed by atoms with van der Waals surface area (Å²) < 4.78 is 0. The standard InChI is InChI=1S/C15H34N2Si/c1-6-13-18-14-11-12-15(16(7-2)8-3)17(9-4)10-5/h6,15H,1,7-14,18H2,2-5H3. The fraction of sp³-hybridized carbons (Fsp3) is 0.867. The van der Waals surface area contributed by atoms with E-state index in [1.807, 2.05) is 0 Å². The molecule has 0 rings (SSSR count). The van der Waals surface area contributed by atoms with Crippen LogP contribution in [0.4, 0.5) is 0 Å². The second-order valence-corrected chi connectivity index (χ2v) is 6.84. The molecule has 0 unspecified atom stereocenters. The molecule has 2 nitrogen and oxygen atoms in total. The van der Waals surface area contributed by atoms with Gasteiger partial charge in [0.2, 0.25) is 0 Å². The maximum Gasteiger partial charge on any atom is 0.0621 e. The summed E-state index contributed by atoms with van der Waals surface area (Å²) in [5.74, 6) is 0. The quantitative estimate of drug-likeness (QED) is 0.233. The lowest BCUT2D eigenvalue weighted by atomic mass is 10.2. The Kier molecular flexibility index (Phi) is 11.9. The molecule has 0 radical (unpaired) electrons. The second-order valence-electron chi connectivity index (χ2n) is 4.85. The largest absolute Gasteiger partial charge is 0.288 e. The van der Waals surface area contributed by atoms with Crippen LogP contribution in [-0.2, 0) is 0 Å². The third kappa shape index (κ3) is 6.71. The van der Waals surface area contributed by atoms with E-state index in [2.05, 4.69) is 50.1 Å². The second kappa shape index (κ2) is 11.9. The van der Waals surface area contributed by atoms with Gasteiger partial charge in [-0.15, -0.1) is 6.58 Å². The summed E-state index contributed by atoms with van der Waals surface area (Å²) in [7, 11) is 0.139. The highest BCUT2D eigenvalue weighted by Gasteiger charge is 2.20. The van der Waals surface area contributed by atoms with Gasteiger partial charge in [0.15, 0.2) is 0 Å². The van der Waals surface area contributed by atoms with E-state index in [0.29, 0.717) is 6.17 Å². The SMILES string of the molecule is C=CC[SiH2]CCCC(N(CC)CC)N(CC)CC. The molecule has 18 heavy (non-hydrogen) atoms. The summed E-state index contributed by atoms with van der Waals surface area (Å²) in [6, 6.07) is 2.78. The number of hydrogen-bond donors (Lipinski definition) is 0. The summed E-state index contributed by atoms with van der Waals surface area (Å²) >= 11 is 0. The Labute approximate surface area is 117 Å². The third-order valence-corrected chi connectivity index (χ3v) is 5.65. The van der Waals surface area contributed by atoms with Crippen LogP contribution >= 0.6 is 0 Å². The molecule has 0 aromatic heterocycles. The molecule has 3 heteroatoms. The lowest BCUT2D eigenvalue weighted by molar-refractivity contribution is 0.0497. The van der Waals surface area contributed by atoms with Crippen molar-refractivity contribution in [1.82, 2.24) is 9.80 Å². The van der Waals surface area contributed by atoms with E-state index in [4.69, 9.17) is 0 Å². The molecule has 0 aliphatic heterocycles. The number of nitrogens with zero attached hydrogens (tertiary/aromatic N) is 2. The zero-order valence-electron chi connectivity index (χ0n) is 13.1. The average molecular weight is 271 g/mol. The molecule has 0 bridgehead atoms. The van der Waals surface area contributed by atoms with E-state index in [9.17, 15) is 0 Å². The Morgan fingerprint density at radius 1 is 1.00 bits per heavy atom. The predicted molar refractivity (Wildman–Crippen MR) is 87.2 cm³/mol. The fourth-order valence-electron chi connectivity index (χ4n) is 2.68. The van der Waals surface area contributed by atoms with Crippen molar-refractivity contribution >= 4 is 9.52 Å². The summed E-state index contributed by atoms with van der Waals surface area (Å²) in [5.41, 5.74) is 0. The summed E-state index contributed by atoms with van der Waals surface area (Å²) in [5, 5.41) is 0. The van der Waals surface area contributed by atoms with Crippen molar-refractivity contribution in [2.45, 2.75) is 58.8 Å². The highest BCUT2D eigenvalue weighted by molar-refractivity contribution is 6.35. The van der Waals surface area contributed by atoms with Crippen molar-refractivity contribution < 1.29 is 0 Å². The number of hydrogen-bond acceptors (Lipinski definition) is 2. The minimum absolute atomic E-state index is 0.139. The molecule has 0 saturated carbocycles. The van der Waals surface area contributed by atoms with Crippen LogP contribution in [0.3, 0.4) is 0 Å².